The molecule has 7 nitrogen and oxygen atoms in total. The summed E-state index contributed by atoms with van der Waals surface area (Å²) in [6.07, 6.45) is 5.10. The average molecular weight is 362 g/mol. The third kappa shape index (κ3) is 6.67. The Morgan fingerprint density at radius 2 is 1.92 bits per heavy atom. The molecule has 2 unspecified atom stereocenters. The van der Waals surface area contributed by atoms with Gasteiger partial charge < -0.3 is 26.3 Å². The Hall–Kier alpha value is -2.09. The van der Waals surface area contributed by atoms with E-state index in [-0.39, 0.29) is 37.1 Å². The fourth-order valence-electron chi connectivity index (χ4n) is 2.78. The van der Waals surface area contributed by atoms with Crippen LogP contribution in [0.1, 0.15) is 31.2 Å². The lowest BCUT2D eigenvalue weighted by Gasteiger charge is -2.27. The third-order valence-corrected chi connectivity index (χ3v) is 4.56. The molecule has 0 bridgehead atoms. The minimum Gasteiger partial charge on any atom is -0.401 e. The van der Waals surface area contributed by atoms with Crippen molar-refractivity contribution in [1.29, 1.82) is 0 Å². The molecule has 0 heterocycles. The van der Waals surface area contributed by atoms with Gasteiger partial charge in [0.25, 0.3) is 0 Å². The predicted octanol–water partition coefficient (Wildman–Crippen LogP) is 0.233. The van der Waals surface area contributed by atoms with E-state index in [4.69, 9.17) is 11.6 Å². The highest BCUT2D eigenvalue weighted by Crippen LogP contribution is 2.29. The molecular formula is C19H30N4O3. The number of nitrogens with one attached hydrogen (secondary N) is 1. The first kappa shape index (κ1) is 20.2. The van der Waals surface area contributed by atoms with Gasteiger partial charge in [-0.25, -0.2) is 5.84 Å². The standard InChI is InChI=1S/C19H30N4O3/c20-16(10-14-4-2-1-3-5-14)11-23(21)18(13-25)9-8-17(12-24)22-19(26)15-6-7-15/h1-5,11,15,17-18,24-25H,6-10,12-13,20-21H2,(H,22,26)/b16-11-. The van der Waals surface area contributed by atoms with Crippen LogP contribution in [0.3, 0.4) is 0 Å². The van der Waals surface area contributed by atoms with Crippen LogP contribution in [0, 0.1) is 5.92 Å². The largest absolute Gasteiger partial charge is 0.401 e. The molecule has 1 aliphatic carbocycles. The van der Waals surface area contributed by atoms with Gasteiger partial charge >= 0.3 is 0 Å². The maximum Gasteiger partial charge on any atom is 0.223 e. The number of carbonyl (C=O) groups is 1. The lowest BCUT2D eigenvalue weighted by atomic mass is 10.1. The van der Waals surface area contributed by atoms with Crippen molar-refractivity contribution in [3.8, 4) is 0 Å². The Kier molecular flexibility index (Phi) is 7.90. The van der Waals surface area contributed by atoms with Crippen molar-refractivity contribution in [3.05, 3.63) is 47.8 Å². The molecule has 7 N–H and O–H groups in total. The van der Waals surface area contributed by atoms with Crippen LogP contribution in [-0.2, 0) is 11.2 Å². The lowest BCUT2D eigenvalue weighted by molar-refractivity contribution is -0.123. The summed E-state index contributed by atoms with van der Waals surface area (Å²) in [5, 5.41) is 23.3. The highest BCUT2D eigenvalue weighted by atomic mass is 16.3. The van der Waals surface area contributed by atoms with Crippen molar-refractivity contribution >= 4 is 5.91 Å². The van der Waals surface area contributed by atoms with E-state index in [0.29, 0.717) is 25.0 Å². The Morgan fingerprint density at radius 3 is 2.50 bits per heavy atom. The topological polar surface area (TPSA) is 125 Å². The maximum atomic E-state index is 11.8. The first-order chi connectivity index (χ1) is 12.5. The molecule has 144 valence electrons. The van der Waals surface area contributed by atoms with Gasteiger partial charge in [0.15, 0.2) is 0 Å². The fraction of sp³-hybridized carbons (Fsp3) is 0.526. The molecule has 7 heteroatoms. The van der Waals surface area contributed by atoms with Crippen molar-refractivity contribution in [2.24, 2.45) is 17.5 Å². The number of aliphatic hydroxyl groups excluding tert-OH is 2. The zero-order valence-corrected chi connectivity index (χ0v) is 15.1. The zero-order valence-electron chi connectivity index (χ0n) is 15.1. The molecule has 1 aromatic rings. The second-order valence-electron chi connectivity index (χ2n) is 6.89. The van der Waals surface area contributed by atoms with Crippen LogP contribution in [0.5, 0.6) is 0 Å². The molecule has 2 rings (SSSR count). The van der Waals surface area contributed by atoms with E-state index in [2.05, 4.69) is 5.32 Å². The molecule has 1 amide bonds. The van der Waals surface area contributed by atoms with Crippen LogP contribution in [0.15, 0.2) is 42.2 Å². The number of carbonyl (C=O) groups excluding carboxylic acids is 1. The van der Waals surface area contributed by atoms with E-state index in [1.807, 2.05) is 30.3 Å². The van der Waals surface area contributed by atoms with Gasteiger partial charge in [0.2, 0.25) is 5.91 Å². The van der Waals surface area contributed by atoms with Crippen LogP contribution in [0.4, 0.5) is 0 Å². The number of hydrazine groups is 1. The second kappa shape index (κ2) is 10.2. The number of allylic oxidation sites excluding steroid dienone is 1. The first-order valence-electron chi connectivity index (χ1n) is 9.08. The molecule has 1 aromatic carbocycles. The second-order valence-corrected chi connectivity index (χ2v) is 6.89. The number of amides is 1. The van der Waals surface area contributed by atoms with Crippen molar-refractivity contribution in [2.45, 2.75) is 44.2 Å². The molecule has 2 atom stereocenters. The Morgan fingerprint density at radius 1 is 1.23 bits per heavy atom. The Bertz CT molecular complexity index is 590. The van der Waals surface area contributed by atoms with Crippen molar-refractivity contribution in [1.82, 2.24) is 10.3 Å². The molecule has 1 fully saturated rings. The smallest absolute Gasteiger partial charge is 0.223 e. The monoisotopic (exact) mass is 362 g/mol. The molecule has 0 radical (unpaired) electrons. The van der Waals surface area contributed by atoms with Crippen LogP contribution in [0.2, 0.25) is 0 Å². The van der Waals surface area contributed by atoms with Crippen LogP contribution >= 0.6 is 0 Å². The van der Waals surface area contributed by atoms with E-state index in [9.17, 15) is 15.0 Å². The summed E-state index contributed by atoms with van der Waals surface area (Å²) in [6, 6.07) is 9.15. The predicted molar refractivity (Wildman–Crippen MR) is 100 cm³/mol. The van der Waals surface area contributed by atoms with Gasteiger partial charge in [-0.3, -0.25) is 4.79 Å². The average Bonchev–Trinajstić information content (AvgIpc) is 3.47. The highest BCUT2D eigenvalue weighted by molar-refractivity contribution is 5.81. The molecule has 0 spiro atoms. The number of rotatable bonds is 11. The quantitative estimate of drug-likeness (QED) is 0.284. The molecule has 26 heavy (non-hydrogen) atoms. The minimum atomic E-state index is -0.337. The Balaban J connectivity index is 1.83. The minimum absolute atomic E-state index is 0.00112. The number of nitrogens with two attached hydrogens (primary N) is 2. The van der Waals surface area contributed by atoms with Gasteiger partial charge in [0.1, 0.15) is 0 Å². The zero-order chi connectivity index (χ0) is 18.9. The van der Waals surface area contributed by atoms with E-state index >= 15 is 0 Å². The molecule has 0 saturated heterocycles. The van der Waals surface area contributed by atoms with Gasteiger partial charge in [-0.1, -0.05) is 30.3 Å². The van der Waals surface area contributed by atoms with Crippen LogP contribution < -0.4 is 16.9 Å². The van der Waals surface area contributed by atoms with Crippen molar-refractivity contribution in [2.75, 3.05) is 13.2 Å². The van der Waals surface area contributed by atoms with Crippen LogP contribution in [-0.4, -0.2) is 46.4 Å². The van der Waals surface area contributed by atoms with E-state index in [1.165, 1.54) is 5.01 Å². The van der Waals surface area contributed by atoms with E-state index < -0.39 is 0 Å². The van der Waals surface area contributed by atoms with Gasteiger partial charge in [0.05, 0.1) is 25.3 Å². The Labute approximate surface area is 154 Å². The number of aliphatic hydroxyl groups is 2. The van der Waals surface area contributed by atoms with Crippen LogP contribution in [0.25, 0.3) is 0 Å². The number of hydrogen-bond donors (Lipinski definition) is 5. The molecule has 0 aliphatic heterocycles. The van der Waals surface area contributed by atoms with E-state index in [1.54, 1.807) is 6.20 Å². The SMILES string of the molecule is N/C(=C\N(N)C(CO)CCC(CO)NC(=O)C1CC1)Cc1ccccc1. The third-order valence-electron chi connectivity index (χ3n) is 4.56. The highest BCUT2D eigenvalue weighted by Gasteiger charge is 2.30. The first-order valence-corrected chi connectivity index (χ1v) is 9.08. The number of benzene rings is 1. The van der Waals surface area contributed by atoms with Crippen molar-refractivity contribution < 1.29 is 15.0 Å². The van der Waals surface area contributed by atoms with Gasteiger partial charge in [-0.05, 0) is 31.2 Å². The molecular weight excluding hydrogens is 332 g/mol. The summed E-state index contributed by atoms with van der Waals surface area (Å²) < 4.78 is 0. The van der Waals surface area contributed by atoms with Crippen molar-refractivity contribution in [3.63, 3.8) is 0 Å². The summed E-state index contributed by atoms with van der Waals surface area (Å²) in [5.74, 6) is 6.14. The summed E-state index contributed by atoms with van der Waals surface area (Å²) >= 11 is 0. The van der Waals surface area contributed by atoms with Gasteiger partial charge in [-0.15, -0.1) is 0 Å². The molecule has 0 aromatic heterocycles. The number of hydrogen-bond acceptors (Lipinski definition) is 6. The molecule has 1 aliphatic rings. The summed E-state index contributed by atoms with van der Waals surface area (Å²) in [7, 11) is 0. The lowest BCUT2D eigenvalue weighted by Crippen LogP contribution is -2.43. The van der Waals surface area contributed by atoms with E-state index in [0.717, 1.165) is 18.4 Å². The normalized spacial score (nSPS) is 16.8. The summed E-state index contributed by atoms with van der Waals surface area (Å²) in [5.41, 5.74) is 7.73. The molecule has 1 saturated carbocycles. The van der Waals surface area contributed by atoms with Gasteiger partial charge in [-0.2, -0.15) is 0 Å². The number of nitrogens with zero attached hydrogens (tertiary/aromatic N) is 1. The summed E-state index contributed by atoms with van der Waals surface area (Å²) in [4.78, 5) is 11.8. The maximum absolute atomic E-state index is 11.8. The van der Waals surface area contributed by atoms with Gasteiger partial charge in [0, 0.05) is 24.2 Å². The summed E-state index contributed by atoms with van der Waals surface area (Å²) in [6.45, 7) is -0.270. The fourth-order valence-corrected chi connectivity index (χ4v) is 2.78.